The van der Waals surface area contributed by atoms with Crippen LogP contribution in [0, 0.1) is 5.82 Å². The molecule has 5 rings (SSSR count). The highest BCUT2D eigenvalue weighted by Gasteiger charge is 2.22. The van der Waals surface area contributed by atoms with E-state index in [9.17, 15) is 19.5 Å². The summed E-state index contributed by atoms with van der Waals surface area (Å²) in [5, 5.41) is 19.1. The number of nitrogens with zero attached hydrogens (tertiary/aromatic N) is 3. The molecule has 0 bridgehead atoms. The highest BCUT2D eigenvalue weighted by atomic mass is 35.5. The van der Waals surface area contributed by atoms with Crippen molar-refractivity contribution in [1.29, 1.82) is 0 Å². The summed E-state index contributed by atoms with van der Waals surface area (Å²) in [5.74, 6) is -0.990. The first kappa shape index (κ1) is 32.0. The predicted octanol–water partition coefficient (Wildman–Crippen LogP) is 1.92. The van der Waals surface area contributed by atoms with Crippen LogP contribution >= 0.6 is 11.6 Å². The summed E-state index contributed by atoms with van der Waals surface area (Å²) in [7, 11) is 1.42. The number of halogens is 2. The average Bonchev–Trinajstić information content (AvgIpc) is 3.43. The maximum Gasteiger partial charge on any atom is 0.262 e. The predicted molar refractivity (Wildman–Crippen MR) is 166 cm³/mol. The maximum absolute atomic E-state index is 15.4. The van der Waals surface area contributed by atoms with Crippen molar-refractivity contribution in [3.05, 3.63) is 81.1 Å². The fourth-order valence-electron chi connectivity index (χ4n) is 5.22. The van der Waals surface area contributed by atoms with Gasteiger partial charge in [-0.3, -0.25) is 18.8 Å². The molecule has 2 amide bonds. The van der Waals surface area contributed by atoms with E-state index in [0.29, 0.717) is 45.9 Å². The van der Waals surface area contributed by atoms with E-state index in [2.05, 4.69) is 25.9 Å². The fourth-order valence-corrected chi connectivity index (χ4v) is 5.55. The molecule has 236 valence electrons. The van der Waals surface area contributed by atoms with Crippen LogP contribution in [0.3, 0.4) is 0 Å². The number of carbonyl (C=O) groups excluding carboxylic acids is 2. The van der Waals surface area contributed by atoms with Gasteiger partial charge in [-0.15, -0.1) is 0 Å². The molecule has 1 fully saturated rings. The zero-order chi connectivity index (χ0) is 32.1. The van der Waals surface area contributed by atoms with Gasteiger partial charge < -0.3 is 31.5 Å². The molecule has 4 heterocycles. The second-order valence-corrected chi connectivity index (χ2v) is 11.1. The number of primary amides is 1. The molecular formula is C31H33ClFN7O5. The van der Waals surface area contributed by atoms with Crippen LogP contribution in [0.4, 0.5) is 4.39 Å². The van der Waals surface area contributed by atoms with Crippen molar-refractivity contribution in [2.45, 2.75) is 44.5 Å². The Morgan fingerprint density at radius 1 is 1.24 bits per heavy atom. The van der Waals surface area contributed by atoms with Gasteiger partial charge in [0, 0.05) is 73.8 Å². The lowest BCUT2D eigenvalue weighted by Gasteiger charge is -2.15. The van der Waals surface area contributed by atoms with Gasteiger partial charge in [0.2, 0.25) is 17.7 Å². The number of aliphatic hydroxyl groups is 1. The molecule has 1 unspecified atom stereocenters. The van der Waals surface area contributed by atoms with E-state index in [-0.39, 0.29) is 60.7 Å². The minimum Gasteiger partial charge on any atom is -0.481 e. The summed E-state index contributed by atoms with van der Waals surface area (Å²) >= 11 is 6.86. The molecule has 0 radical (unpaired) electrons. The molecule has 2 atom stereocenters. The minimum atomic E-state index is -0.956. The summed E-state index contributed by atoms with van der Waals surface area (Å²) in [6.07, 6.45) is 3.12. The van der Waals surface area contributed by atoms with Gasteiger partial charge in [0.05, 0.1) is 35.9 Å². The van der Waals surface area contributed by atoms with E-state index >= 15 is 4.39 Å². The monoisotopic (exact) mass is 637 g/mol. The number of amides is 2. The molecule has 6 N–H and O–H groups in total. The number of rotatable bonds is 13. The van der Waals surface area contributed by atoms with E-state index in [1.807, 2.05) is 0 Å². The highest BCUT2D eigenvalue weighted by molar-refractivity contribution is 6.36. The van der Waals surface area contributed by atoms with E-state index in [1.54, 1.807) is 36.5 Å². The normalized spacial score (nSPS) is 15.3. The first-order valence-electron chi connectivity index (χ1n) is 14.3. The molecule has 3 aromatic heterocycles. The van der Waals surface area contributed by atoms with Crippen molar-refractivity contribution in [1.82, 2.24) is 30.3 Å². The molecule has 1 aliphatic rings. The highest BCUT2D eigenvalue weighted by Crippen LogP contribution is 2.37. The number of nitrogens with one attached hydrogen (secondary N) is 3. The van der Waals surface area contributed by atoms with Gasteiger partial charge in [0.25, 0.3) is 5.56 Å². The number of hydrogen-bond acceptors (Lipinski definition) is 9. The van der Waals surface area contributed by atoms with Crippen LogP contribution in [0.5, 0.6) is 5.88 Å². The molecule has 45 heavy (non-hydrogen) atoms. The quantitative estimate of drug-likeness (QED) is 0.147. The number of benzene rings is 1. The van der Waals surface area contributed by atoms with Crippen LogP contribution in [0.15, 0.2) is 53.6 Å². The molecule has 1 saturated heterocycles. The van der Waals surface area contributed by atoms with Crippen LogP contribution in [-0.4, -0.2) is 63.6 Å². The maximum atomic E-state index is 15.4. The third kappa shape index (κ3) is 7.45. The number of hydrogen-bond donors (Lipinski definition) is 5. The number of aromatic nitrogens is 3. The van der Waals surface area contributed by atoms with Gasteiger partial charge in [-0.2, -0.15) is 0 Å². The van der Waals surface area contributed by atoms with Crippen molar-refractivity contribution < 1.29 is 23.8 Å². The van der Waals surface area contributed by atoms with Crippen molar-refractivity contribution in [2.75, 3.05) is 20.2 Å². The zero-order valence-corrected chi connectivity index (χ0v) is 25.2. The number of aliphatic hydroxyl groups excluding tert-OH is 1. The zero-order valence-electron chi connectivity index (χ0n) is 24.5. The van der Waals surface area contributed by atoms with Crippen molar-refractivity contribution in [3.63, 3.8) is 0 Å². The number of fused-ring (bicyclic) bond motifs is 1. The number of pyridine rings is 2. The van der Waals surface area contributed by atoms with Gasteiger partial charge in [-0.25, -0.2) is 14.4 Å². The first-order chi connectivity index (χ1) is 21.6. The Hall–Kier alpha value is -4.43. The Balaban J connectivity index is 1.35. The van der Waals surface area contributed by atoms with Crippen LogP contribution in [0.2, 0.25) is 5.02 Å². The van der Waals surface area contributed by atoms with Gasteiger partial charge in [0.1, 0.15) is 11.5 Å². The summed E-state index contributed by atoms with van der Waals surface area (Å²) in [6.45, 7) is 0.892. The Morgan fingerprint density at radius 2 is 2.04 bits per heavy atom. The molecule has 0 spiro atoms. The second kappa shape index (κ2) is 14.1. The second-order valence-electron chi connectivity index (χ2n) is 10.8. The number of methoxy groups -OCH3 is 1. The van der Waals surface area contributed by atoms with Crippen molar-refractivity contribution >= 4 is 29.1 Å². The SMILES string of the molecule is COc1nc(-c2cccc(-c3ccn4c(=O)c(CNCC(O)CC(N)=O)cnc4c3)c2Cl)cc(F)c1CNC[C@@H]1CCC(=O)N1. The minimum absolute atomic E-state index is 0.00364. The standard InChI is InChI=1S/C31H33ClFN7O5/c1-45-30-23(16-36-14-19-5-6-28(43)38-19)24(33)11-25(39-30)22-4-2-3-21(29(22)32)17-7-8-40-27(9-17)37-13-18(31(40)44)12-35-15-20(41)10-26(34)42/h2-4,7-9,11,13,19-20,35-36,41H,5-6,10,12,14-16H2,1H3,(H2,34,42)(H,38,43)/t19-,20?/m0/s1. The molecule has 12 nitrogen and oxygen atoms in total. The summed E-state index contributed by atoms with van der Waals surface area (Å²) in [5.41, 5.74) is 7.91. The fraction of sp³-hybridized carbons (Fsp3) is 0.323. The summed E-state index contributed by atoms with van der Waals surface area (Å²) < 4.78 is 22.2. The lowest BCUT2D eigenvalue weighted by molar-refractivity contribution is -0.120. The Morgan fingerprint density at radius 3 is 2.78 bits per heavy atom. The molecule has 14 heteroatoms. The van der Waals surface area contributed by atoms with Crippen LogP contribution < -0.4 is 32.0 Å². The van der Waals surface area contributed by atoms with E-state index in [1.165, 1.54) is 23.8 Å². The topological polar surface area (TPSA) is 173 Å². The number of ether oxygens (including phenoxy) is 1. The van der Waals surface area contributed by atoms with E-state index in [0.717, 1.165) is 6.42 Å². The van der Waals surface area contributed by atoms with Crippen molar-refractivity contribution in [2.24, 2.45) is 5.73 Å². The Labute approximate surface area is 262 Å². The van der Waals surface area contributed by atoms with E-state index < -0.39 is 17.8 Å². The van der Waals surface area contributed by atoms with Gasteiger partial charge in [-0.1, -0.05) is 29.8 Å². The van der Waals surface area contributed by atoms with Crippen LogP contribution in [0.1, 0.15) is 30.4 Å². The average molecular weight is 638 g/mol. The molecular weight excluding hydrogens is 605 g/mol. The number of nitrogens with two attached hydrogens (primary N) is 1. The molecule has 1 aromatic carbocycles. The Kier molecular flexibility index (Phi) is 10.0. The van der Waals surface area contributed by atoms with Gasteiger partial charge in [-0.05, 0) is 24.1 Å². The number of carbonyl (C=O) groups is 2. The molecule has 1 aliphatic heterocycles. The van der Waals surface area contributed by atoms with Crippen LogP contribution in [-0.2, 0) is 22.7 Å². The van der Waals surface area contributed by atoms with Crippen LogP contribution in [0.25, 0.3) is 28.0 Å². The summed E-state index contributed by atoms with van der Waals surface area (Å²) in [4.78, 5) is 44.4. The third-order valence-corrected chi connectivity index (χ3v) is 7.91. The lowest BCUT2D eigenvalue weighted by Crippen LogP contribution is -2.35. The molecule has 0 aliphatic carbocycles. The summed E-state index contributed by atoms with van der Waals surface area (Å²) in [6, 6.07) is 10.1. The Bertz CT molecular complexity index is 1800. The smallest absolute Gasteiger partial charge is 0.262 e. The third-order valence-electron chi connectivity index (χ3n) is 7.50. The van der Waals surface area contributed by atoms with Gasteiger partial charge >= 0.3 is 0 Å². The first-order valence-corrected chi connectivity index (χ1v) is 14.7. The largest absolute Gasteiger partial charge is 0.481 e. The van der Waals surface area contributed by atoms with E-state index in [4.69, 9.17) is 22.1 Å². The lowest BCUT2D eigenvalue weighted by atomic mass is 10.0. The van der Waals surface area contributed by atoms with Crippen molar-refractivity contribution in [3.8, 4) is 28.3 Å². The molecule has 4 aromatic rings. The molecule has 0 saturated carbocycles. The van der Waals surface area contributed by atoms with Gasteiger partial charge in [0.15, 0.2) is 0 Å².